The van der Waals surface area contributed by atoms with Gasteiger partial charge >= 0.3 is 0 Å². The van der Waals surface area contributed by atoms with Gasteiger partial charge in [-0.3, -0.25) is 10.1 Å². The van der Waals surface area contributed by atoms with Crippen LogP contribution >= 0.6 is 12.2 Å². The molecule has 0 unspecified atom stereocenters. The molecule has 2 rings (SSSR count). The van der Waals surface area contributed by atoms with Crippen molar-refractivity contribution in [3.8, 4) is 17.2 Å². The van der Waals surface area contributed by atoms with E-state index in [0.29, 0.717) is 22.7 Å². The van der Waals surface area contributed by atoms with E-state index in [1.807, 2.05) is 0 Å². The maximum Gasteiger partial charge on any atom is 0.257 e. The van der Waals surface area contributed by atoms with Crippen molar-refractivity contribution < 1.29 is 19.4 Å². The number of nitrogens with one attached hydrogen (secondary N) is 2. The molecule has 0 fully saturated rings. The highest BCUT2D eigenvalue weighted by molar-refractivity contribution is 7.80. The predicted molar refractivity (Wildman–Crippen MR) is 91.3 cm³/mol. The molecule has 3 N–H and O–H groups in total. The summed E-state index contributed by atoms with van der Waals surface area (Å²) in [6.07, 6.45) is 0. The number of carbonyl (C=O) groups is 1. The molecule has 0 saturated heterocycles. The fourth-order valence-electron chi connectivity index (χ4n) is 1.81. The third-order valence-corrected chi connectivity index (χ3v) is 3.24. The fourth-order valence-corrected chi connectivity index (χ4v) is 2.02. The van der Waals surface area contributed by atoms with Gasteiger partial charge in [-0.2, -0.15) is 0 Å². The Bertz CT molecular complexity index is 717. The van der Waals surface area contributed by atoms with Crippen LogP contribution in [0.4, 0.5) is 5.69 Å². The Kier molecular flexibility index (Phi) is 5.37. The molecule has 6 nitrogen and oxygen atoms in total. The minimum Gasteiger partial charge on any atom is -0.506 e. The van der Waals surface area contributed by atoms with Crippen LogP contribution in [0.1, 0.15) is 10.4 Å². The molecule has 0 spiro atoms. The molecule has 0 atom stereocenters. The molecule has 0 aliphatic rings. The summed E-state index contributed by atoms with van der Waals surface area (Å²) in [7, 11) is 3.06. The van der Waals surface area contributed by atoms with E-state index in [4.69, 9.17) is 21.7 Å². The first-order chi connectivity index (χ1) is 11.0. The van der Waals surface area contributed by atoms with Gasteiger partial charge in [0, 0.05) is 11.6 Å². The average molecular weight is 332 g/mol. The standard InChI is InChI=1S/C16H16N2O4S/c1-21-11-5-3-10(4-6-11)15(20)18-16(23)17-13-9-12(22-2)7-8-14(13)19/h3-9,19H,1-2H3,(H2,17,18,20,23). The van der Waals surface area contributed by atoms with Crippen molar-refractivity contribution >= 4 is 28.9 Å². The summed E-state index contributed by atoms with van der Waals surface area (Å²) in [5.41, 5.74) is 0.772. The Labute approximate surface area is 139 Å². The first-order valence-electron chi connectivity index (χ1n) is 6.67. The van der Waals surface area contributed by atoms with E-state index in [1.165, 1.54) is 13.2 Å². The summed E-state index contributed by atoms with van der Waals surface area (Å²) < 4.78 is 10.1. The van der Waals surface area contributed by atoms with Gasteiger partial charge in [0.1, 0.15) is 17.2 Å². The molecule has 2 aromatic rings. The number of rotatable bonds is 4. The number of hydrogen-bond donors (Lipinski definition) is 3. The third kappa shape index (κ3) is 4.33. The van der Waals surface area contributed by atoms with Crippen LogP contribution in [0.15, 0.2) is 42.5 Å². The number of phenolic OH excluding ortho intramolecular Hbond substituents is 1. The Morgan fingerprint density at radius 1 is 1.04 bits per heavy atom. The van der Waals surface area contributed by atoms with Crippen molar-refractivity contribution in [2.75, 3.05) is 19.5 Å². The van der Waals surface area contributed by atoms with Gasteiger partial charge in [0.15, 0.2) is 5.11 Å². The molecular formula is C16H16N2O4S. The number of aromatic hydroxyl groups is 1. The molecule has 0 radical (unpaired) electrons. The molecule has 120 valence electrons. The highest BCUT2D eigenvalue weighted by Gasteiger charge is 2.10. The number of carbonyl (C=O) groups excluding carboxylic acids is 1. The van der Waals surface area contributed by atoms with Gasteiger partial charge in [0.2, 0.25) is 0 Å². The Balaban J connectivity index is 2.02. The quantitative estimate of drug-likeness (QED) is 0.590. The summed E-state index contributed by atoms with van der Waals surface area (Å²) in [4.78, 5) is 12.1. The second-order valence-corrected chi connectivity index (χ2v) is 4.93. The summed E-state index contributed by atoms with van der Waals surface area (Å²) >= 11 is 5.08. The van der Waals surface area contributed by atoms with Crippen molar-refractivity contribution in [3.63, 3.8) is 0 Å². The zero-order valence-corrected chi connectivity index (χ0v) is 13.4. The maximum atomic E-state index is 12.1. The normalized spacial score (nSPS) is 9.83. The summed E-state index contributed by atoms with van der Waals surface area (Å²) in [5.74, 6) is 0.831. The van der Waals surface area contributed by atoms with Gasteiger partial charge in [-0.05, 0) is 48.6 Å². The van der Waals surface area contributed by atoms with E-state index >= 15 is 0 Å². The number of anilines is 1. The van der Waals surface area contributed by atoms with E-state index in [0.717, 1.165) is 0 Å². The van der Waals surface area contributed by atoms with Crippen LogP contribution in [0.25, 0.3) is 0 Å². The molecule has 7 heteroatoms. The molecule has 0 aliphatic carbocycles. The van der Waals surface area contributed by atoms with Crippen LogP contribution in [0.3, 0.4) is 0 Å². The first-order valence-corrected chi connectivity index (χ1v) is 7.07. The third-order valence-electron chi connectivity index (χ3n) is 3.03. The van der Waals surface area contributed by atoms with E-state index in [9.17, 15) is 9.90 Å². The second-order valence-electron chi connectivity index (χ2n) is 4.52. The van der Waals surface area contributed by atoms with Crippen molar-refractivity contribution in [3.05, 3.63) is 48.0 Å². The summed E-state index contributed by atoms with van der Waals surface area (Å²) in [6.45, 7) is 0. The van der Waals surface area contributed by atoms with Crippen LogP contribution < -0.4 is 20.1 Å². The highest BCUT2D eigenvalue weighted by Crippen LogP contribution is 2.27. The summed E-state index contributed by atoms with van der Waals surface area (Å²) in [5, 5.41) is 15.1. The fraction of sp³-hybridized carbons (Fsp3) is 0.125. The number of phenols is 1. The highest BCUT2D eigenvalue weighted by atomic mass is 32.1. The minimum atomic E-state index is -0.368. The lowest BCUT2D eigenvalue weighted by Gasteiger charge is -2.12. The number of ether oxygens (including phenoxy) is 2. The largest absolute Gasteiger partial charge is 0.506 e. The molecule has 23 heavy (non-hydrogen) atoms. The molecule has 0 heterocycles. The monoisotopic (exact) mass is 332 g/mol. The topological polar surface area (TPSA) is 79.8 Å². The first kappa shape index (κ1) is 16.6. The van der Waals surface area contributed by atoms with E-state index in [2.05, 4.69) is 10.6 Å². The molecular weight excluding hydrogens is 316 g/mol. The van der Waals surface area contributed by atoms with Crippen LogP contribution in [-0.4, -0.2) is 30.3 Å². The number of benzene rings is 2. The van der Waals surface area contributed by atoms with Crippen LogP contribution in [0.5, 0.6) is 17.2 Å². The summed E-state index contributed by atoms with van der Waals surface area (Å²) in [6, 6.07) is 11.3. The number of amides is 1. The van der Waals surface area contributed by atoms with Crippen LogP contribution in [0.2, 0.25) is 0 Å². The number of thiocarbonyl (C=S) groups is 1. The second kappa shape index (κ2) is 7.46. The Hall–Kier alpha value is -2.80. The van der Waals surface area contributed by atoms with Gasteiger partial charge in [-0.1, -0.05) is 0 Å². The van der Waals surface area contributed by atoms with Crippen LogP contribution in [0, 0.1) is 0 Å². The van der Waals surface area contributed by atoms with Crippen molar-refractivity contribution in [2.45, 2.75) is 0 Å². The average Bonchev–Trinajstić information content (AvgIpc) is 2.56. The minimum absolute atomic E-state index is 0.00755. The lowest BCUT2D eigenvalue weighted by atomic mass is 10.2. The van der Waals surface area contributed by atoms with E-state index in [1.54, 1.807) is 43.5 Å². The number of methoxy groups -OCH3 is 2. The zero-order chi connectivity index (χ0) is 16.8. The molecule has 1 amide bonds. The molecule has 0 aromatic heterocycles. The lowest BCUT2D eigenvalue weighted by molar-refractivity contribution is 0.0977. The van der Waals surface area contributed by atoms with Gasteiger partial charge in [0.25, 0.3) is 5.91 Å². The van der Waals surface area contributed by atoms with Crippen molar-refractivity contribution in [1.29, 1.82) is 0 Å². The van der Waals surface area contributed by atoms with Crippen molar-refractivity contribution in [2.24, 2.45) is 0 Å². The van der Waals surface area contributed by atoms with Crippen LogP contribution in [-0.2, 0) is 0 Å². The molecule has 0 saturated carbocycles. The molecule has 0 aliphatic heterocycles. The Morgan fingerprint density at radius 2 is 1.65 bits per heavy atom. The van der Waals surface area contributed by atoms with Crippen molar-refractivity contribution in [1.82, 2.24) is 5.32 Å². The number of hydrogen-bond acceptors (Lipinski definition) is 5. The molecule has 0 bridgehead atoms. The molecule has 2 aromatic carbocycles. The zero-order valence-electron chi connectivity index (χ0n) is 12.6. The Morgan fingerprint density at radius 3 is 2.26 bits per heavy atom. The maximum absolute atomic E-state index is 12.1. The lowest BCUT2D eigenvalue weighted by Crippen LogP contribution is -2.34. The van der Waals surface area contributed by atoms with Gasteiger partial charge in [-0.25, -0.2) is 0 Å². The SMILES string of the molecule is COc1ccc(C(=O)NC(=S)Nc2cc(OC)ccc2O)cc1. The van der Waals surface area contributed by atoms with Gasteiger partial charge < -0.3 is 19.9 Å². The predicted octanol–water partition coefficient (Wildman–Crippen LogP) is 2.54. The smallest absolute Gasteiger partial charge is 0.257 e. The van der Waals surface area contributed by atoms with E-state index < -0.39 is 0 Å². The van der Waals surface area contributed by atoms with Gasteiger partial charge in [0.05, 0.1) is 19.9 Å². The van der Waals surface area contributed by atoms with Gasteiger partial charge in [-0.15, -0.1) is 0 Å². The van der Waals surface area contributed by atoms with E-state index in [-0.39, 0.29) is 16.8 Å².